The molecule has 1 aromatic rings. The zero-order chi connectivity index (χ0) is 13.0. The molecule has 5 nitrogen and oxygen atoms in total. The van der Waals surface area contributed by atoms with Gasteiger partial charge < -0.3 is 19.7 Å². The van der Waals surface area contributed by atoms with Gasteiger partial charge in [0.2, 0.25) is 5.76 Å². The van der Waals surface area contributed by atoms with Crippen molar-refractivity contribution >= 4 is 5.97 Å². The Bertz CT molecular complexity index is 440. The van der Waals surface area contributed by atoms with Crippen LogP contribution in [0.5, 0.6) is 0 Å². The van der Waals surface area contributed by atoms with Crippen molar-refractivity contribution in [3.05, 3.63) is 47.7 Å². The number of carbonyl (C=O) groups is 1. The molecule has 18 heavy (non-hydrogen) atoms. The second kappa shape index (κ2) is 5.66. The molecule has 0 unspecified atom stereocenters. The highest BCUT2D eigenvalue weighted by molar-refractivity contribution is 5.88. The van der Waals surface area contributed by atoms with Gasteiger partial charge in [-0.05, 0) is 5.56 Å². The van der Waals surface area contributed by atoms with Crippen LogP contribution in [-0.4, -0.2) is 35.0 Å². The lowest BCUT2D eigenvalue weighted by Crippen LogP contribution is -2.28. The molecular weight excluding hydrogens is 236 g/mol. The monoisotopic (exact) mass is 250 g/mol. The van der Waals surface area contributed by atoms with E-state index in [1.165, 1.54) is 6.08 Å². The van der Waals surface area contributed by atoms with Crippen LogP contribution in [0.15, 0.2) is 42.2 Å². The van der Waals surface area contributed by atoms with E-state index in [1.54, 1.807) is 0 Å². The number of carbonyl (C=O) groups excluding carboxylic acids is 1. The highest BCUT2D eigenvalue weighted by atomic mass is 16.6. The smallest absolute Gasteiger partial charge is 0.374 e. The molecule has 0 aliphatic carbocycles. The van der Waals surface area contributed by atoms with E-state index in [0.717, 1.165) is 5.56 Å². The predicted molar refractivity (Wildman–Crippen MR) is 62.3 cm³/mol. The van der Waals surface area contributed by atoms with Crippen molar-refractivity contribution in [1.82, 2.24) is 0 Å². The lowest BCUT2D eigenvalue weighted by molar-refractivity contribution is -0.147. The molecule has 2 atom stereocenters. The molecule has 1 aromatic carbocycles. The molecule has 1 aliphatic heterocycles. The minimum absolute atomic E-state index is 0.0661. The second-order valence-corrected chi connectivity index (χ2v) is 3.93. The molecule has 2 rings (SSSR count). The zero-order valence-corrected chi connectivity index (χ0v) is 9.65. The highest BCUT2D eigenvalue weighted by Crippen LogP contribution is 2.18. The van der Waals surface area contributed by atoms with Gasteiger partial charge in [-0.3, -0.25) is 0 Å². The lowest BCUT2D eigenvalue weighted by Gasteiger charge is -2.11. The first-order valence-corrected chi connectivity index (χ1v) is 5.59. The van der Waals surface area contributed by atoms with E-state index in [4.69, 9.17) is 14.6 Å². The third kappa shape index (κ3) is 2.88. The summed E-state index contributed by atoms with van der Waals surface area (Å²) in [5, 5.41) is 18.1. The highest BCUT2D eigenvalue weighted by Gasteiger charge is 2.31. The largest absolute Gasteiger partial charge is 0.482 e. The number of esters is 1. The summed E-state index contributed by atoms with van der Waals surface area (Å²) in [6.07, 6.45) is -0.577. The van der Waals surface area contributed by atoms with Crippen LogP contribution in [0.4, 0.5) is 0 Å². The molecule has 0 saturated carbocycles. The van der Waals surface area contributed by atoms with Gasteiger partial charge in [-0.15, -0.1) is 0 Å². The number of benzene rings is 1. The van der Waals surface area contributed by atoms with Gasteiger partial charge in [-0.2, -0.15) is 0 Å². The molecular formula is C13H14O5. The van der Waals surface area contributed by atoms with E-state index in [1.807, 2.05) is 30.3 Å². The fourth-order valence-electron chi connectivity index (χ4n) is 1.57. The Hall–Kier alpha value is -1.85. The molecule has 0 bridgehead atoms. The molecule has 0 radical (unpaired) electrons. The third-order valence-electron chi connectivity index (χ3n) is 2.56. The van der Waals surface area contributed by atoms with Crippen LogP contribution in [0.2, 0.25) is 0 Å². The summed E-state index contributed by atoms with van der Waals surface area (Å²) in [5.74, 6) is -0.556. The normalized spacial score (nSPS) is 20.2. The molecule has 0 aromatic heterocycles. The number of aliphatic hydroxyl groups is 2. The molecule has 96 valence electrons. The van der Waals surface area contributed by atoms with Gasteiger partial charge in [0.05, 0.1) is 6.61 Å². The summed E-state index contributed by atoms with van der Waals surface area (Å²) < 4.78 is 10.2. The van der Waals surface area contributed by atoms with E-state index < -0.39 is 24.8 Å². The van der Waals surface area contributed by atoms with Crippen LogP contribution in [0.3, 0.4) is 0 Å². The van der Waals surface area contributed by atoms with Crippen LogP contribution >= 0.6 is 0 Å². The number of aliphatic hydroxyl groups excluding tert-OH is 2. The molecule has 0 saturated heterocycles. The van der Waals surface area contributed by atoms with Gasteiger partial charge >= 0.3 is 5.97 Å². The Morgan fingerprint density at radius 3 is 2.72 bits per heavy atom. The van der Waals surface area contributed by atoms with Gasteiger partial charge in [-0.25, -0.2) is 4.79 Å². The van der Waals surface area contributed by atoms with Crippen LogP contribution in [0.25, 0.3) is 0 Å². The Labute approximate surface area is 104 Å². The minimum Gasteiger partial charge on any atom is -0.482 e. The van der Waals surface area contributed by atoms with Crippen molar-refractivity contribution in [3.63, 3.8) is 0 Å². The maximum atomic E-state index is 11.4. The average Bonchev–Trinajstić information content (AvgIpc) is 2.78. The van der Waals surface area contributed by atoms with E-state index in [9.17, 15) is 9.90 Å². The van der Waals surface area contributed by atoms with Crippen LogP contribution in [0, 0.1) is 0 Å². The number of hydrogen-bond donors (Lipinski definition) is 2. The van der Waals surface area contributed by atoms with E-state index in [0.29, 0.717) is 0 Å². The van der Waals surface area contributed by atoms with Gasteiger partial charge in [0.15, 0.2) is 6.10 Å². The van der Waals surface area contributed by atoms with Crippen molar-refractivity contribution in [2.45, 2.75) is 18.8 Å². The third-order valence-corrected chi connectivity index (χ3v) is 2.56. The maximum Gasteiger partial charge on any atom is 0.374 e. The number of ether oxygens (including phenoxy) is 2. The van der Waals surface area contributed by atoms with Crippen LogP contribution in [0.1, 0.15) is 5.56 Å². The maximum absolute atomic E-state index is 11.4. The number of cyclic esters (lactones) is 1. The summed E-state index contributed by atoms with van der Waals surface area (Å²) in [4.78, 5) is 11.4. The zero-order valence-electron chi connectivity index (χ0n) is 9.65. The second-order valence-electron chi connectivity index (χ2n) is 3.93. The Kier molecular flexibility index (Phi) is 3.96. The van der Waals surface area contributed by atoms with Crippen molar-refractivity contribution in [2.24, 2.45) is 0 Å². The van der Waals surface area contributed by atoms with Gasteiger partial charge in [0.1, 0.15) is 12.7 Å². The molecule has 0 spiro atoms. The number of hydrogen-bond acceptors (Lipinski definition) is 5. The summed E-state index contributed by atoms with van der Waals surface area (Å²) in [6.45, 7) is -0.218. The molecule has 0 fully saturated rings. The first-order chi connectivity index (χ1) is 8.70. The van der Waals surface area contributed by atoms with E-state index in [-0.39, 0.29) is 12.4 Å². The SMILES string of the molecule is O=C1O[C@H]([C@H](O)CO)C=C1OCc1ccccc1. The summed E-state index contributed by atoms with van der Waals surface area (Å²) in [7, 11) is 0. The van der Waals surface area contributed by atoms with Crippen molar-refractivity contribution in [1.29, 1.82) is 0 Å². The van der Waals surface area contributed by atoms with E-state index >= 15 is 0 Å². The van der Waals surface area contributed by atoms with Gasteiger partial charge in [0, 0.05) is 6.08 Å². The van der Waals surface area contributed by atoms with E-state index in [2.05, 4.69) is 0 Å². The molecule has 2 N–H and O–H groups in total. The minimum atomic E-state index is -1.12. The molecule has 0 amide bonds. The summed E-state index contributed by atoms with van der Waals surface area (Å²) in [5.41, 5.74) is 0.928. The Balaban J connectivity index is 1.95. The standard InChI is InChI=1S/C13H14O5/c14-7-10(15)11-6-12(13(16)18-11)17-8-9-4-2-1-3-5-9/h1-6,10-11,14-15H,7-8H2/t10-,11+/m1/s1. The topological polar surface area (TPSA) is 76.0 Å². The van der Waals surface area contributed by atoms with Crippen LogP contribution < -0.4 is 0 Å². The van der Waals surface area contributed by atoms with Crippen LogP contribution in [-0.2, 0) is 20.9 Å². The quantitative estimate of drug-likeness (QED) is 0.738. The first-order valence-electron chi connectivity index (χ1n) is 5.59. The predicted octanol–water partition coefficient (Wildman–Crippen LogP) is 0.366. The Morgan fingerprint density at radius 2 is 2.06 bits per heavy atom. The summed E-state index contributed by atoms with van der Waals surface area (Å²) >= 11 is 0. The first kappa shape index (κ1) is 12.6. The van der Waals surface area contributed by atoms with Crippen molar-refractivity contribution in [3.8, 4) is 0 Å². The molecule has 1 heterocycles. The molecule has 5 heteroatoms. The van der Waals surface area contributed by atoms with Crippen molar-refractivity contribution < 1.29 is 24.5 Å². The fourth-order valence-corrected chi connectivity index (χ4v) is 1.57. The average molecular weight is 250 g/mol. The lowest BCUT2D eigenvalue weighted by atomic mass is 10.2. The van der Waals surface area contributed by atoms with Crippen molar-refractivity contribution in [2.75, 3.05) is 6.61 Å². The van der Waals surface area contributed by atoms with Gasteiger partial charge in [-0.1, -0.05) is 30.3 Å². The number of rotatable bonds is 5. The summed E-state index contributed by atoms with van der Waals surface area (Å²) in [6, 6.07) is 9.39. The Morgan fingerprint density at radius 1 is 1.33 bits per heavy atom. The van der Waals surface area contributed by atoms with Gasteiger partial charge in [0.25, 0.3) is 0 Å². The fraction of sp³-hybridized carbons (Fsp3) is 0.308. The molecule has 1 aliphatic rings.